The minimum atomic E-state index is 0. The van der Waals surface area contributed by atoms with Gasteiger partial charge in [0.2, 0.25) is 0 Å². The molecule has 0 aromatic rings. The zero-order chi connectivity index (χ0) is 15.9. The van der Waals surface area contributed by atoms with Gasteiger partial charge in [-0.05, 0) is 48.6 Å². The van der Waals surface area contributed by atoms with E-state index in [1.807, 2.05) is 0 Å². The Balaban J connectivity index is 0.000000871. The molecule has 116 valence electrons. The maximum Gasteiger partial charge on any atom is 2.00 e. The van der Waals surface area contributed by atoms with Gasteiger partial charge in [0.05, 0.1) is 0 Å². The Morgan fingerprint density at radius 2 is 0.440 bits per heavy atom. The second-order valence-electron chi connectivity index (χ2n) is 5.09. The van der Waals surface area contributed by atoms with Crippen molar-refractivity contribution in [2.75, 3.05) is 0 Å². The summed E-state index contributed by atoms with van der Waals surface area (Å²) in [6, 6.07) is 0. The van der Waals surface area contributed by atoms with Gasteiger partial charge in [0, 0.05) is 0 Å². The Labute approximate surface area is 161 Å². The van der Waals surface area contributed by atoms with Gasteiger partial charge in [-0.15, -0.1) is 0 Å². The van der Waals surface area contributed by atoms with Gasteiger partial charge in [-0.3, -0.25) is 0 Å². The van der Waals surface area contributed by atoms with Gasteiger partial charge in [0.25, 0.3) is 0 Å². The first-order valence-electron chi connectivity index (χ1n) is 7.22. The second-order valence-corrected chi connectivity index (χ2v) is 5.09. The Kier molecular flexibility index (Phi) is 3.86. The molecule has 0 saturated heterocycles. The summed E-state index contributed by atoms with van der Waals surface area (Å²) >= 11 is 0. The first-order valence-corrected chi connectivity index (χ1v) is 7.22. The molecule has 8 nitrogen and oxygen atoms in total. The minimum Gasteiger partial charge on any atom is -1.00 e. The molecular weight excluding hydrogens is 329 g/mol. The number of nitrogens with zero attached hydrogens (tertiary/aromatic N) is 8. The van der Waals surface area contributed by atoms with Crippen LogP contribution in [-0.2, 0) is 0 Å². The SMILES string of the molecule is C1=CC2=NC3=NC(=NC4=NC(=NC5=NC(=NC1=N2)C=C5)C=C4)C=C3.[H-].[H-].[Mg+2]. The molecule has 0 atom stereocenters. The first-order chi connectivity index (χ1) is 11.8. The number of fused-ring (bicyclic) bond motifs is 4. The normalized spacial score (nSPS) is 21.8. The van der Waals surface area contributed by atoms with Crippen LogP contribution in [0, 0.1) is 0 Å². The Bertz CT molecular complexity index is 864. The van der Waals surface area contributed by atoms with Crippen LogP contribution in [0.1, 0.15) is 2.85 Å². The van der Waals surface area contributed by atoms with E-state index in [0.29, 0.717) is 46.7 Å². The first kappa shape index (κ1) is 15.6. The molecule has 25 heavy (non-hydrogen) atoms. The molecule has 5 aliphatic rings. The fourth-order valence-corrected chi connectivity index (χ4v) is 2.33. The molecule has 0 unspecified atom stereocenters. The molecule has 0 fully saturated rings. The maximum atomic E-state index is 4.37. The van der Waals surface area contributed by atoms with Gasteiger partial charge in [-0.1, -0.05) is 0 Å². The summed E-state index contributed by atoms with van der Waals surface area (Å²) in [6.45, 7) is 0. The molecule has 0 saturated carbocycles. The van der Waals surface area contributed by atoms with Crippen molar-refractivity contribution in [3.63, 3.8) is 0 Å². The molecule has 5 heterocycles. The quantitative estimate of drug-likeness (QED) is 0.595. The summed E-state index contributed by atoms with van der Waals surface area (Å²) in [5, 5.41) is 0. The molecule has 9 heteroatoms. The molecule has 0 amide bonds. The van der Waals surface area contributed by atoms with E-state index in [2.05, 4.69) is 39.9 Å². The zero-order valence-electron chi connectivity index (χ0n) is 14.9. The second kappa shape index (κ2) is 6.19. The van der Waals surface area contributed by atoms with Crippen LogP contribution in [0.15, 0.2) is 88.5 Å². The summed E-state index contributed by atoms with van der Waals surface area (Å²) < 4.78 is 0. The van der Waals surface area contributed by atoms with Crippen molar-refractivity contribution in [3.8, 4) is 0 Å². The topological polar surface area (TPSA) is 98.9 Å². The van der Waals surface area contributed by atoms with Crippen LogP contribution >= 0.6 is 0 Å². The molecule has 0 aromatic carbocycles. The van der Waals surface area contributed by atoms with E-state index in [9.17, 15) is 0 Å². The molecule has 0 spiro atoms. The van der Waals surface area contributed by atoms with Crippen molar-refractivity contribution in [1.29, 1.82) is 0 Å². The van der Waals surface area contributed by atoms with E-state index in [-0.39, 0.29) is 25.9 Å². The van der Waals surface area contributed by atoms with E-state index in [4.69, 9.17) is 0 Å². The van der Waals surface area contributed by atoms with Crippen molar-refractivity contribution in [2.24, 2.45) is 39.9 Å². The smallest absolute Gasteiger partial charge is 1.00 e. The number of hydrogen-bond donors (Lipinski definition) is 0. The van der Waals surface area contributed by atoms with Gasteiger partial charge in [0.1, 0.15) is 0 Å². The van der Waals surface area contributed by atoms with Crippen molar-refractivity contribution in [3.05, 3.63) is 48.6 Å². The molecular formula is C16H10MgN8. The maximum absolute atomic E-state index is 4.37. The monoisotopic (exact) mass is 338 g/mol. The minimum absolute atomic E-state index is 0. The zero-order valence-corrected chi connectivity index (χ0v) is 14.3. The molecule has 0 radical (unpaired) electrons. The van der Waals surface area contributed by atoms with Crippen molar-refractivity contribution < 1.29 is 2.85 Å². The van der Waals surface area contributed by atoms with E-state index < -0.39 is 0 Å². The molecule has 5 rings (SSSR count). The fourth-order valence-electron chi connectivity index (χ4n) is 2.33. The number of amidine groups is 8. The largest absolute Gasteiger partial charge is 2.00 e. The third-order valence-electron chi connectivity index (χ3n) is 3.36. The van der Waals surface area contributed by atoms with Crippen LogP contribution < -0.4 is 0 Å². The number of aliphatic imine (C=N–C) groups is 8. The van der Waals surface area contributed by atoms with E-state index in [0.717, 1.165) is 0 Å². The summed E-state index contributed by atoms with van der Waals surface area (Å²) in [4.78, 5) is 34.8. The van der Waals surface area contributed by atoms with Crippen molar-refractivity contribution in [2.45, 2.75) is 0 Å². The van der Waals surface area contributed by atoms with Crippen LogP contribution in [0.4, 0.5) is 0 Å². The average Bonchev–Trinajstić information content (AvgIpc) is 3.32. The number of hydrogen-bond acceptors (Lipinski definition) is 8. The van der Waals surface area contributed by atoms with Crippen LogP contribution in [0.5, 0.6) is 0 Å². The third kappa shape index (κ3) is 3.19. The standard InChI is InChI=1S/C16H8N8.Mg.2H/c1-2-10-17-9(1)21-11-3-4-13(18-11)23-15-7-8-16(20-15)24-14-6-5-12(19-14)22-10;;;/h1-8H;;;/q;+2;2*-1. The predicted molar refractivity (Wildman–Crippen MR) is 104 cm³/mol. The molecule has 5 aliphatic heterocycles. The predicted octanol–water partition coefficient (Wildman–Crippen LogP) is 1.31. The van der Waals surface area contributed by atoms with Gasteiger partial charge < -0.3 is 2.85 Å². The van der Waals surface area contributed by atoms with Gasteiger partial charge in [-0.2, -0.15) is 0 Å². The van der Waals surface area contributed by atoms with Gasteiger partial charge >= 0.3 is 23.1 Å². The Hall–Kier alpha value is -2.91. The fraction of sp³-hybridized carbons (Fsp3) is 0. The van der Waals surface area contributed by atoms with E-state index in [1.54, 1.807) is 48.6 Å². The summed E-state index contributed by atoms with van der Waals surface area (Å²) in [5.41, 5.74) is 0. The Morgan fingerprint density at radius 1 is 0.320 bits per heavy atom. The molecule has 0 aliphatic carbocycles. The van der Waals surface area contributed by atoms with Crippen LogP contribution in [0.25, 0.3) is 0 Å². The molecule has 8 bridgehead atoms. The molecule has 0 N–H and O–H groups in total. The summed E-state index contributed by atoms with van der Waals surface area (Å²) in [7, 11) is 0. The van der Waals surface area contributed by atoms with Crippen LogP contribution in [-0.4, -0.2) is 69.7 Å². The summed E-state index contributed by atoms with van der Waals surface area (Å²) in [5.74, 6) is 4.30. The van der Waals surface area contributed by atoms with E-state index in [1.165, 1.54) is 0 Å². The average molecular weight is 339 g/mol. The third-order valence-corrected chi connectivity index (χ3v) is 3.36. The van der Waals surface area contributed by atoms with Crippen molar-refractivity contribution in [1.82, 2.24) is 0 Å². The van der Waals surface area contributed by atoms with Crippen LogP contribution in [0.3, 0.4) is 0 Å². The van der Waals surface area contributed by atoms with Gasteiger partial charge in [-0.25, -0.2) is 39.9 Å². The van der Waals surface area contributed by atoms with Crippen molar-refractivity contribution >= 4 is 69.7 Å². The van der Waals surface area contributed by atoms with Gasteiger partial charge in [0.15, 0.2) is 46.7 Å². The van der Waals surface area contributed by atoms with E-state index >= 15 is 0 Å². The molecule has 0 aromatic heterocycles. The number of rotatable bonds is 0. The van der Waals surface area contributed by atoms with Crippen LogP contribution in [0.2, 0.25) is 0 Å². The summed E-state index contributed by atoms with van der Waals surface area (Å²) in [6.07, 6.45) is 14.2. The Morgan fingerprint density at radius 3 is 0.560 bits per heavy atom.